The molecule has 0 saturated heterocycles. The zero-order valence-electron chi connectivity index (χ0n) is 22.3. The Labute approximate surface area is 244 Å². The van der Waals surface area contributed by atoms with Gasteiger partial charge in [0.05, 0.1) is 25.3 Å². The highest BCUT2D eigenvalue weighted by molar-refractivity contribution is 7.89. The summed E-state index contributed by atoms with van der Waals surface area (Å²) in [6, 6.07) is 19.6. The van der Waals surface area contributed by atoms with Crippen molar-refractivity contribution >= 4 is 50.0 Å². The molecule has 212 valence electrons. The molecule has 0 atom stereocenters. The van der Waals surface area contributed by atoms with E-state index in [0.717, 1.165) is 26.3 Å². The van der Waals surface area contributed by atoms with Gasteiger partial charge in [-0.05, 0) is 42.3 Å². The van der Waals surface area contributed by atoms with Crippen molar-refractivity contribution in [1.29, 1.82) is 0 Å². The smallest absolute Gasteiger partial charge is 0.245 e. The van der Waals surface area contributed by atoms with E-state index in [0.29, 0.717) is 18.7 Å². The molecule has 40 heavy (non-hydrogen) atoms. The molecular weight excluding hydrogens is 573 g/mol. The van der Waals surface area contributed by atoms with Crippen LogP contribution in [-0.2, 0) is 32.5 Å². The predicted molar refractivity (Wildman–Crippen MR) is 158 cm³/mol. The summed E-state index contributed by atoms with van der Waals surface area (Å²) < 4.78 is 39.0. The van der Waals surface area contributed by atoms with Crippen LogP contribution in [0, 0.1) is 0 Å². The van der Waals surface area contributed by atoms with Crippen LogP contribution in [-0.4, -0.2) is 69.0 Å². The molecule has 1 amide bonds. The van der Waals surface area contributed by atoms with Crippen molar-refractivity contribution in [2.75, 3.05) is 40.5 Å². The van der Waals surface area contributed by atoms with Crippen LogP contribution in [0.15, 0.2) is 77.8 Å². The molecular formula is C29H31Cl2N3O5S. The van der Waals surface area contributed by atoms with Crippen LogP contribution >= 0.6 is 23.2 Å². The summed E-state index contributed by atoms with van der Waals surface area (Å²) in [5, 5.41) is 1.31. The van der Waals surface area contributed by atoms with E-state index in [1.807, 2.05) is 54.7 Å². The summed E-state index contributed by atoms with van der Waals surface area (Å²) >= 11 is 12.3. The second-order valence-electron chi connectivity index (χ2n) is 9.14. The topological polar surface area (TPSA) is 91.9 Å². The lowest BCUT2D eigenvalue weighted by molar-refractivity contribution is -0.132. The fraction of sp³-hybridized carbons (Fsp3) is 0.276. The first-order valence-electron chi connectivity index (χ1n) is 12.6. The van der Waals surface area contributed by atoms with Crippen molar-refractivity contribution < 1.29 is 22.7 Å². The van der Waals surface area contributed by atoms with Gasteiger partial charge >= 0.3 is 0 Å². The van der Waals surface area contributed by atoms with Gasteiger partial charge in [-0.1, -0.05) is 59.6 Å². The molecule has 4 aromatic rings. The van der Waals surface area contributed by atoms with E-state index in [1.54, 1.807) is 12.0 Å². The molecule has 8 nitrogen and oxygen atoms in total. The maximum atomic E-state index is 13.8. The van der Waals surface area contributed by atoms with E-state index in [9.17, 15) is 13.2 Å². The highest BCUT2D eigenvalue weighted by Crippen LogP contribution is 2.28. The third kappa shape index (κ3) is 6.97. The number of amides is 1. The molecule has 0 aliphatic heterocycles. The Hall–Kier alpha value is -3.08. The summed E-state index contributed by atoms with van der Waals surface area (Å²) in [7, 11) is -1.13. The summed E-state index contributed by atoms with van der Waals surface area (Å²) in [6.07, 6.45) is 2.50. The van der Waals surface area contributed by atoms with Gasteiger partial charge < -0.3 is 19.4 Å². The number of benzene rings is 3. The largest absolute Gasteiger partial charge is 0.496 e. The summed E-state index contributed by atoms with van der Waals surface area (Å²) in [5.74, 6) is 0.269. The number of halogens is 2. The Morgan fingerprint density at radius 1 is 0.950 bits per heavy atom. The minimum atomic E-state index is -4.17. The van der Waals surface area contributed by atoms with Gasteiger partial charge in [0.2, 0.25) is 15.9 Å². The third-order valence-corrected chi connectivity index (χ3v) is 9.16. The Morgan fingerprint density at radius 2 is 1.70 bits per heavy atom. The van der Waals surface area contributed by atoms with Crippen molar-refractivity contribution in [2.45, 2.75) is 17.9 Å². The standard InChI is InChI=1S/C29H31Cl2N3O5S/c1-38-16-15-34(40(36,37)28-17-23(30)11-12-25(28)31)20-29(35)33(19-22-7-3-6-10-27(22)39-2)14-13-21-18-32-26-9-5-4-8-24(21)26/h3-12,17-18,32H,13-16,19-20H2,1-2H3. The van der Waals surface area contributed by atoms with Gasteiger partial charge in [0.25, 0.3) is 0 Å². The number of rotatable bonds is 13. The number of carbonyl (C=O) groups excluding carboxylic acids is 1. The molecule has 1 N–H and O–H groups in total. The number of hydrogen-bond donors (Lipinski definition) is 1. The maximum absolute atomic E-state index is 13.8. The predicted octanol–water partition coefficient (Wildman–Crippen LogP) is 5.39. The Bertz CT molecular complexity index is 1570. The van der Waals surface area contributed by atoms with Gasteiger partial charge in [-0.15, -0.1) is 0 Å². The second kappa shape index (κ2) is 13.5. The second-order valence-corrected chi connectivity index (χ2v) is 11.9. The highest BCUT2D eigenvalue weighted by atomic mass is 35.5. The van der Waals surface area contributed by atoms with Crippen LogP contribution in [0.25, 0.3) is 10.9 Å². The maximum Gasteiger partial charge on any atom is 0.245 e. The SMILES string of the molecule is COCCN(CC(=O)N(CCc1c[nH]c2ccccc12)Cc1ccccc1OC)S(=O)(=O)c1cc(Cl)ccc1Cl. The lowest BCUT2D eigenvalue weighted by atomic mass is 10.1. The third-order valence-electron chi connectivity index (χ3n) is 6.60. The van der Waals surface area contributed by atoms with Crippen molar-refractivity contribution in [3.63, 3.8) is 0 Å². The van der Waals surface area contributed by atoms with Gasteiger partial charge in [0.1, 0.15) is 10.6 Å². The fourth-order valence-corrected chi connectivity index (χ4v) is 6.58. The zero-order valence-corrected chi connectivity index (χ0v) is 24.6. The van der Waals surface area contributed by atoms with Gasteiger partial charge in [-0.3, -0.25) is 4.79 Å². The van der Waals surface area contributed by atoms with Gasteiger partial charge in [0, 0.05) is 54.4 Å². The molecule has 0 aliphatic carbocycles. The number of carbonyl (C=O) groups is 1. The number of aromatic amines is 1. The Morgan fingerprint density at radius 3 is 2.48 bits per heavy atom. The quantitative estimate of drug-likeness (QED) is 0.221. The minimum absolute atomic E-state index is 0.0180. The zero-order chi connectivity index (χ0) is 28.7. The summed E-state index contributed by atoms with van der Waals surface area (Å²) in [5.41, 5.74) is 2.87. The van der Waals surface area contributed by atoms with Gasteiger partial charge in [-0.25, -0.2) is 8.42 Å². The molecule has 0 unspecified atom stereocenters. The van der Waals surface area contributed by atoms with Crippen LogP contribution in [0.1, 0.15) is 11.1 Å². The number of nitrogens with zero attached hydrogens (tertiary/aromatic N) is 2. The number of aromatic nitrogens is 1. The first-order valence-corrected chi connectivity index (χ1v) is 14.8. The monoisotopic (exact) mass is 603 g/mol. The summed E-state index contributed by atoms with van der Waals surface area (Å²) in [4.78, 5) is 18.6. The van der Waals surface area contributed by atoms with E-state index in [1.165, 1.54) is 25.3 Å². The normalized spacial score (nSPS) is 11.7. The minimum Gasteiger partial charge on any atom is -0.496 e. The molecule has 0 spiro atoms. The molecule has 11 heteroatoms. The number of H-pyrrole nitrogens is 1. The lowest BCUT2D eigenvalue weighted by Gasteiger charge is -2.28. The number of para-hydroxylation sites is 2. The average Bonchev–Trinajstić information content (AvgIpc) is 3.37. The Balaban J connectivity index is 1.63. The van der Waals surface area contributed by atoms with Crippen molar-refractivity contribution in [2.24, 2.45) is 0 Å². The van der Waals surface area contributed by atoms with Gasteiger partial charge in [0.15, 0.2) is 0 Å². The van der Waals surface area contributed by atoms with Crippen LogP contribution < -0.4 is 4.74 Å². The molecule has 0 radical (unpaired) electrons. The highest BCUT2D eigenvalue weighted by Gasteiger charge is 2.30. The summed E-state index contributed by atoms with van der Waals surface area (Å²) in [6.45, 7) is 0.235. The van der Waals surface area contributed by atoms with E-state index in [4.69, 9.17) is 32.7 Å². The van der Waals surface area contributed by atoms with Gasteiger partial charge in [-0.2, -0.15) is 4.31 Å². The fourth-order valence-electron chi connectivity index (χ4n) is 4.47. The number of sulfonamides is 1. The average molecular weight is 605 g/mol. The molecule has 4 rings (SSSR count). The van der Waals surface area contributed by atoms with Crippen molar-refractivity contribution in [3.8, 4) is 5.75 Å². The molecule has 3 aromatic carbocycles. The van der Waals surface area contributed by atoms with Crippen molar-refractivity contribution in [3.05, 3.63) is 94.1 Å². The number of fused-ring (bicyclic) bond motifs is 1. The molecule has 1 aromatic heterocycles. The number of hydrogen-bond acceptors (Lipinski definition) is 5. The molecule has 0 bridgehead atoms. The molecule has 0 fully saturated rings. The van der Waals surface area contributed by atoms with Crippen LogP contribution in [0.3, 0.4) is 0 Å². The van der Waals surface area contributed by atoms with Crippen molar-refractivity contribution in [1.82, 2.24) is 14.2 Å². The molecule has 1 heterocycles. The van der Waals surface area contributed by atoms with E-state index < -0.39 is 16.6 Å². The van der Waals surface area contributed by atoms with E-state index >= 15 is 0 Å². The first-order chi connectivity index (χ1) is 19.2. The van der Waals surface area contributed by atoms with Crippen LogP contribution in [0.4, 0.5) is 0 Å². The van der Waals surface area contributed by atoms with E-state index in [-0.39, 0.29) is 40.5 Å². The van der Waals surface area contributed by atoms with E-state index in [2.05, 4.69) is 4.98 Å². The molecule has 0 aliphatic rings. The first kappa shape index (κ1) is 29.9. The van der Waals surface area contributed by atoms with Crippen LogP contribution in [0.5, 0.6) is 5.75 Å². The Kier molecular flexibility index (Phi) is 10.1. The number of methoxy groups -OCH3 is 2. The van der Waals surface area contributed by atoms with Crippen LogP contribution in [0.2, 0.25) is 10.0 Å². The number of nitrogens with one attached hydrogen (secondary N) is 1. The molecule has 0 saturated carbocycles. The number of ether oxygens (including phenoxy) is 2. The lowest BCUT2D eigenvalue weighted by Crippen LogP contribution is -2.44.